The van der Waals surface area contributed by atoms with Crippen LogP contribution in [0.2, 0.25) is 0 Å². The largest absolute Gasteiger partial charge is 0.395 e. The highest BCUT2D eigenvalue weighted by Gasteiger charge is 2.24. The van der Waals surface area contributed by atoms with Crippen molar-refractivity contribution in [2.24, 2.45) is 0 Å². The van der Waals surface area contributed by atoms with Crippen LogP contribution in [-0.4, -0.2) is 35.8 Å². The third-order valence-corrected chi connectivity index (χ3v) is 4.42. The van der Waals surface area contributed by atoms with Gasteiger partial charge in [0.1, 0.15) is 5.82 Å². The molecule has 0 aromatic carbocycles. The minimum absolute atomic E-state index is 0.183. The number of aliphatic hydroxyl groups is 1. The van der Waals surface area contributed by atoms with Crippen molar-refractivity contribution in [1.29, 1.82) is 0 Å². The van der Waals surface area contributed by atoms with Gasteiger partial charge in [-0.2, -0.15) is 0 Å². The Kier molecular flexibility index (Phi) is 6.46. The normalized spacial score (nSPS) is 17.7. The average molecular weight is 291 g/mol. The number of pyridine rings is 1. The zero-order valence-electron chi connectivity index (χ0n) is 13.4. The van der Waals surface area contributed by atoms with E-state index in [-0.39, 0.29) is 12.6 Å². The van der Waals surface area contributed by atoms with Gasteiger partial charge in [0.25, 0.3) is 0 Å². The molecule has 1 aliphatic carbocycles. The summed E-state index contributed by atoms with van der Waals surface area (Å²) in [6.07, 6.45) is 8.21. The second-order valence-corrected chi connectivity index (χ2v) is 5.90. The van der Waals surface area contributed by atoms with Crippen molar-refractivity contribution in [3.8, 4) is 0 Å². The maximum absolute atomic E-state index is 9.48. The van der Waals surface area contributed by atoms with Crippen LogP contribution in [0.4, 0.5) is 5.82 Å². The van der Waals surface area contributed by atoms with Gasteiger partial charge in [-0.1, -0.05) is 32.3 Å². The van der Waals surface area contributed by atoms with Crippen molar-refractivity contribution in [3.63, 3.8) is 0 Å². The predicted molar refractivity (Wildman–Crippen MR) is 87.6 cm³/mol. The lowest BCUT2D eigenvalue weighted by Crippen LogP contribution is -2.40. The van der Waals surface area contributed by atoms with E-state index in [9.17, 15) is 5.11 Å². The van der Waals surface area contributed by atoms with E-state index in [1.165, 1.54) is 37.7 Å². The van der Waals surface area contributed by atoms with Crippen LogP contribution >= 0.6 is 0 Å². The molecule has 1 unspecified atom stereocenters. The smallest absolute Gasteiger partial charge is 0.133 e. The molecule has 1 fully saturated rings. The van der Waals surface area contributed by atoms with E-state index in [1.807, 2.05) is 12.3 Å². The fourth-order valence-electron chi connectivity index (χ4n) is 3.37. The Bertz CT molecular complexity index is 418. The molecule has 1 aliphatic rings. The summed E-state index contributed by atoms with van der Waals surface area (Å²) < 4.78 is 0. The summed E-state index contributed by atoms with van der Waals surface area (Å²) in [4.78, 5) is 6.99. The lowest BCUT2D eigenvalue weighted by Gasteiger charge is -2.36. The summed E-state index contributed by atoms with van der Waals surface area (Å²) in [5, 5.41) is 12.9. The molecule has 0 bridgehead atoms. The van der Waals surface area contributed by atoms with Crippen molar-refractivity contribution in [2.75, 3.05) is 24.6 Å². The molecule has 0 amide bonds. The number of hydrogen-bond donors (Lipinski definition) is 2. The van der Waals surface area contributed by atoms with Gasteiger partial charge in [0.2, 0.25) is 0 Å². The summed E-state index contributed by atoms with van der Waals surface area (Å²) >= 11 is 0. The van der Waals surface area contributed by atoms with Gasteiger partial charge >= 0.3 is 0 Å². The molecule has 1 saturated carbocycles. The molecule has 4 heteroatoms. The van der Waals surface area contributed by atoms with Crippen molar-refractivity contribution < 1.29 is 5.11 Å². The molecule has 4 nitrogen and oxygen atoms in total. The lowest BCUT2D eigenvalue weighted by atomic mass is 9.93. The maximum Gasteiger partial charge on any atom is 0.133 e. The zero-order valence-corrected chi connectivity index (χ0v) is 13.4. The Hall–Kier alpha value is -1.13. The number of rotatable bonds is 7. The minimum Gasteiger partial charge on any atom is -0.395 e. The number of aliphatic hydroxyl groups excluding tert-OH is 1. The number of hydrogen-bond acceptors (Lipinski definition) is 4. The first kappa shape index (κ1) is 16.2. The predicted octanol–water partition coefficient (Wildman–Crippen LogP) is 2.88. The van der Waals surface area contributed by atoms with Crippen LogP contribution in [0.1, 0.15) is 57.6 Å². The van der Waals surface area contributed by atoms with Gasteiger partial charge in [0.05, 0.1) is 6.61 Å². The van der Waals surface area contributed by atoms with Crippen LogP contribution in [0, 0.1) is 0 Å². The third-order valence-electron chi connectivity index (χ3n) is 4.42. The molecule has 1 heterocycles. The topological polar surface area (TPSA) is 48.4 Å². The highest BCUT2D eigenvalue weighted by atomic mass is 16.3. The monoisotopic (exact) mass is 291 g/mol. The molecule has 1 atom stereocenters. The first-order chi connectivity index (χ1) is 10.3. The highest BCUT2D eigenvalue weighted by molar-refractivity contribution is 5.49. The molecule has 0 radical (unpaired) electrons. The minimum atomic E-state index is 0.183. The van der Waals surface area contributed by atoms with Crippen LogP contribution in [0.15, 0.2) is 18.3 Å². The van der Waals surface area contributed by atoms with Crippen LogP contribution in [0.5, 0.6) is 0 Å². The molecular weight excluding hydrogens is 262 g/mol. The number of nitrogens with zero attached hydrogens (tertiary/aromatic N) is 2. The first-order valence-electron chi connectivity index (χ1n) is 8.33. The molecule has 1 aromatic heterocycles. The van der Waals surface area contributed by atoms with Crippen molar-refractivity contribution in [3.05, 3.63) is 23.9 Å². The Morgan fingerprint density at radius 3 is 2.81 bits per heavy atom. The Morgan fingerprint density at radius 2 is 2.14 bits per heavy atom. The Morgan fingerprint density at radius 1 is 1.38 bits per heavy atom. The van der Waals surface area contributed by atoms with Crippen LogP contribution in [0.25, 0.3) is 0 Å². The second kappa shape index (κ2) is 8.35. The molecule has 2 rings (SSSR count). The van der Waals surface area contributed by atoms with Crippen molar-refractivity contribution in [2.45, 2.75) is 58.0 Å². The molecule has 118 valence electrons. The fraction of sp³-hybridized carbons (Fsp3) is 0.706. The molecule has 21 heavy (non-hydrogen) atoms. The highest BCUT2D eigenvalue weighted by Crippen LogP contribution is 2.30. The average Bonchev–Trinajstić information content (AvgIpc) is 2.54. The van der Waals surface area contributed by atoms with Gasteiger partial charge < -0.3 is 15.3 Å². The molecule has 0 aliphatic heterocycles. The van der Waals surface area contributed by atoms with Gasteiger partial charge in [-0.15, -0.1) is 0 Å². The summed E-state index contributed by atoms with van der Waals surface area (Å²) in [7, 11) is 0. The molecule has 0 spiro atoms. The van der Waals surface area contributed by atoms with E-state index in [2.05, 4.69) is 35.1 Å². The standard InChI is InChI=1S/C17H29N3O/c1-3-18-14(2)16-10-7-11-19-17(16)20(12-13-21)15-8-5-4-6-9-15/h7,10-11,14-15,18,21H,3-6,8-9,12-13H2,1-2H3. The molecule has 2 N–H and O–H groups in total. The van der Waals surface area contributed by atoms with Crippen LogP contribution < -0.4 is 10.2 Å². The van der Waals surface area contributed by atoms with E-state index in [0.29, 0.717) is 12.6 Å². The summed E-state index contributed by atoms with van der Waals surface area (Å²) in [5.74, 6) is 1.05. The van der Waals surface area contributed by atoms with E-state index >= 15 is 0 Å². The number of aromatic nitrogens is 1. The van der Waals surface area contributed by atoms with E-state index < -0.39 is 0 Å². The van der Waals surface area contributed by atoms with Gasteiger partial charge in [-0.05, 0) is 32.4 Å². The zero-order chi connectivity index (χ0) is 15.1. The summed E-state index contributed by atoms with van der Waals surface area (Å²) in [5.41, 5.74) is 1.23. The van der Waals surface area contributed by atoms with Crippen molar-refractivity contribution >= 4 is 5.82 Å². The number of anilines is 1. The fourth-order valence-corrected chi connectivity index (χ4v) is 3.37. The lowest BCUT2D eigenvalue weighted by molar-refractivity contribution is 0.289. The maximum atomic E-state index is 9.48. The van der Waals surface area contributed by atoms with Gasteiger partial charge in [-0.25, -0.2) is 4.98 Å². The van der Waals surface area contributed by atoms with Crippen LogP contribution in [0.3, 0.4) is 0 Å². The number of nitrogens with one attached hydrogen (secondary N) is 1. The quantitative estimate of drug-likeness (QED) is 0.811. The summed E-state index contributed by atoms with van der Waals surface area (Å²) in [6.45, 7) is 6.11. The first-order valence-corrected chi connectivity index (χ1v) is 8.33. The van der Waals surface area contributed by atoms with E-state index in [1.54, 1.807) is 0 Å². The van der Waals surface area contributed by atoms with Gasteiger partial charge in [0, 0.05) is 30.4 Å². The van der Waals surface area contributed by atoms with Crippen molar-refractivity contribution in [1.82, 2.24) is 10.3 Å². The Balaban J connectivity index is 2.26. The second-order valence-electron chi connectivity index (χ2n) is 5.90. The third kappa shape index (κ3) is 4.17. The molecule has 0 saturated heterocycles. The SMILES string of the molecule is CCNC(C)c1cccnc1N(CCO)C1CCCCC1. The van der Waals surface area contributed by atoms with E-state index in [4.69, 9.17) is 0 Å². The molecule has 1 aromatic rings. The summed E-state index contributed by atoms with van der Waals surface area (Å²) in [6, 6.07) is 4.96. The molecular formula is C17H29N3O. The van der Waals surface area contributed by atoms with Gasteiger partial charge in [0.15, 0.2) is 0 Å². The van der Waals surface area contributed by atoms with Crippen LogP contribution in [-0.2, 0) is 0 Å². The van der Waals surface area contributed by atoms with E-state index in [0.717, 1.165) is 12.4 Å². The van der Waals surface area contributed by atoms with Gasteiger partial charge in [-0.3, -0.25) is 0 Å². The Labute approximate surface area is 128 Å².